The van der Waals surface area contributed by atoms with Crippen molar-refractivity contribution in [2.24, 2.45) is 0 Å². The van der Waals surface area contributed by atoms with Gasteiger partial charge in [-0.05, 0) is 57.0 Å². The molecule has 1 N–H and O–H groups in total. The molecule has 3 aromatic rings. The number of hydrogen-bond donors (Lipinski definition) is 1. The van der Waals surface area contributed by atoms with Gasteiger partial charge in [-0.1, -0.05) is 5.16 Å². The van der Waals surface area contributed by atoms with Crippen LogP contribution in [0.1, 0.15) is 24.2 Å². The molecule has 1 atom stereocenters. The first-order valence-electron chi connectivity index (χ1n) is 9.66. The molecule has 1 aliphatic rings. The van der Waals surface area contributed by atoms with Crippen molar-refractivity contribution in [1.82, 2.24) is 20.0 Å². The third kappa shape index (κ3) is 4.22. The fraction of sp³-hybridized carbons (Fsp3) is 0.381. The molecule has 152 valence electrons. The predicted molar refractivity (Wildman–Crippen MR) is 105 cm³/mol. The van der Waals surface area contributed by atoms with Crippen LogP contribution in [0.2, 0.25) is 0 Å². The third-order valence-corrected chi connectivity index (χ3v) is 5.19. The van der Waals surface area contributed by atoms with E-state index < -0.39 is 0 Å². The van der Waals surface area contributed by atoms with Crippen LogP contribution in [-0.2, 0) is 16.1 Å². The number of carbonyl (C=O) groups excluding carboxylic acids is 1. The van der Waals surface area contributed by atoms with E-state index in [1.54, 1.807) is 12.1 Å². The molecule has 7 nitrogen and oxygen atoms in total. The topological polar surface area (TPSA) is 82.2 Å². The fourth-order valence-corrected chi connectivity index (χ4v) is 3.54. The number of amides is 1. The lowest BCUT2D eigenvalue weighted by Crippen LogP contribution is -2.34. The second-order valence-electron chi connectivity index (χ2n) is 7.24. The van der Waals surface area contributed by atoms with Gasteiger partial charge in [0, 0.05) is 30.1 Å². The van der Waals surface area contributed by atoms with Gasteiger partial charge in [0.2, 0.25) is 11.7 Å². The Kier molecular flexibility index (Phi) is 5.44. The number of aromatic nitrogens is 3. The minimum Gasteiger partial charge on any atom is -0.376 e. The Morgan fingerprint density at radius 3 is 2.83 bits per heavy atom. The van der Waals surface area contributed by atoms with E-state index in [9.17, 15) is 9.18 Å². The van der Waals surface area contributed by atoms with Gasteiger partial charge in [0.1, 0.15) is 12.4 Å². The number of carbonyl (C=O) groups is 1. The number of ether oxygens (including phenoxy) is 1. The zero-order chi connectivity index (χ0) is 20.4. The van der Waals surface area contributed by atoms with Crippen molar-refractivity contribution in [3.63, 3.8) is 0 Å². The van der Waals surface area contributed by atoms with Crippen molar-refractivity contribution in [3.05, 3.63) is 47.5 Å². The van der Waals surface area contributed by atoms with Crippen molar-refractivity contribution < 1.29 is 18.4 Å². The normalized spacial score (nSPS) is 16.3. The Morgan fingerprint density at radius 2 is 2.10 bits per heavy atom. The standard InChI is InChI=1S/C21H23FN4O3/c1-13-10-18(21-24-20(25-29-21)15-5-7-16(22)8-6-15)14(2)26(13)12-19(27)23-11-17-4-3-9-28-17/h5-8,10,17H,3-4,9,11-12H2,1-2H3,(H,23,27). The Bertz CT molecular complexity index is 1000. The predicted octanol–water partition coefficient (Wildman–Crippen LogP) is 3.26. The SMILES string of the molecule is Cc1cc(-c2nc(-c3ccc(F)cc3)no2)c(C)n1CC(=O)NCC1CCCO1. The second-order valence-corrected chi connectivity index (χ2v) is 7.24. The number of halogens is 1. The van der Waals surface area contributed by atoms with Crippen molar-refractivity contribution in [2.45, 2.75) is 39.3 Å². The quantitative estimate of drug-likeness (QED) is 0.689. The van der Waals surface area contributed by atoms with E-state index in [2.05, 4.69) is 15.5 Å². The molecule has 0 aliphatic carbocycles. The highest BCUT2D eigenvalue weighted by molar-refractivity contribution is 5.76. The van der Waals surface area contributed by atoms with E-state index in [0.717, 1.165) is 36.4 Å². The minimum absolute atomic E-state index is 0.0635. The summed E-state index contributed by atoms with van der Waals surface area (Å²) in [5.41, 5.74) is 3.23. The summed E-state index contributed by atoms with van der Waals surface area (Å²) in [4.78, 5) is 16.8. The van der Waals surface area contributed by atoms with Gasteiger partial charge >= 0.3 is 0 Å². The second kappa shape index (κ2) is 8.16. The molecular formula is C21H23FN4O3. The Morgan fingerprint density at radius 1 is 1.31 bits per heavy atom. The summed E-state index contributed by atoms with van der Waals surface area (Å²) in [6.45, 7) is 5.36. The van der Waals surface area contributed by atoms with Gasteiger partial charge in [-0.3, -0.25) is 4.79 Å². The first-order chi connectivity index (χ1) is 14.0. The Hall–Kier alpha value is -3.00. The van der Waals surface area contributed by atoms with Crippen LogP contribution in [0, 0.1) is 19.7 Å². The summed E-state index contributed by atoms with van der Waals surface area (Å²) < 4.78 is 26.0. The number of nitrogens with one attached hydrogen (secondary N) is 1. The van der Waals surface area contributed by atoms with E-state index in [0.29, 0.717) is 23.8 Å². The van der Waals surface area contributed by atoms with Gasteiger partial charge in [0.25, 0.3) is 5.89 Å². The van der Waals surface area contributed by atoms with Crippen LogP contribution in [0.25, 0.3) is 22.8 Å². The number of aryl methyl sites for hydroxylation is 1. The van der Waals surface area contributed by atoms with Crippen molar-refractivity contribution in [2.75, 3.05) is 13.2 Å². The monoisotopic (exact) mass is 398 g/mol. The molecule has 1 aliphatic heterocycles. The lowest BCUT2D eigenvalue weighted by molar-refractivity contribution is -0.122. The molecule has 0 bridgehead atoms. The van der Waals surface area contributed by atoms with Gasteiger partial charge in [0.05, 0.1) is 11.7 Å². The lowest BCUT2D eigenvalue weighted by Gasteiger charge is -2.13. The molecule has 1 aromatic carbocycles. The molecule has 4 rings (SSSR count). The number of rotatable bonds is 6. The van der Waals surface area contributed by atoms with Gasteiger partial charge in [-0.2, -0.15) is 4.98 Å². The molecule has 3 heterocycles. The summed E-state index contributed by atoms with van der Waals surface area (Å²) in [5.74, 6) is 0.368. The van der Waals surface area contributed by atoms with E-state index in [1.807, 2.05) is 24.5 Å². The van der Waals surface area contributed by atoms with Gasteiger partial charge < -0.3 is 19.1 Å². The van der Waals surface area contributed by atoms with Crippen molar-refractivity contribution in [1.29, 1.82) is 0 Å². The van der Waals surface area contributed by atoms with Crippen LogP contribution in [0.15, 0.2) is 34.9 Å². The van der Waals surface area contributed by atoms with Gasteiger partial charge in [-0.25, -0.2) is 4.39 Å². The maximum absolute atomic E-state index is 13.1. The summed E-state index contributed by atoms with van der Waals surface area (Å²) in [6.07, 6.45) is 2.15. The number of hydrogen-bond acceptors (Lipinski definition) is 5. The molecule has 2 aromatic heterocycles. The molecule has 0 saturated carbocycles. The third-order valence-electron chi connectivity index (χ3n) is 5.19. The summed E-state index contributed by atoms with van der Waals surface area (Å²) in [7, 11) is 0. The van der Waals surface area contributed by atoms with Crippen LogP contribution in [0.4, 0.5) is 4.39 Å². The average molecular weight is 398 g/mol. The molecule has 1 saturated heterocycles. The van der Waals surface area contributed by atoms with Gasteiger partial charge in [0.15, 0.2) is 0 Å². The van der Waals surface area contributed by atoms with Crippen LogP contribution in [0.5, 0.6) is 0 Å². The highest BCUT2D eigenvalue weighted by atomic mass is 19.1. The molecule has 8 heteroatoms. The highest BCUT2D eigenvalue weighted by Crippen LogP contribution is 2.27. The summed E-state index contributed by atoms with van der Waals surface area (Å²) in [6, 6.07) is 7.83. The smallest absolute Gasteiger partial charge is 0.260 e. The summed E-state index contributed by atoms with van der Waals surface area (Å²) >= 11 is 0. The largest absolute Gasteiger partial charge is 0.376 e. The number of benzene rings is 1. The molecule has 29 heavy (non-hydrogen) atoms. The van der Waals surface area contributed by atoms with Crippen molar-refractivity contribution >= 4 is 5.91 Å². The molecular weight excluding hydrogens is 375 g/mol. The van der Waals surface area contributed by atoms with Gasteiger partial charge in [-0.15, -0.1) is 0 Å². The maximum atomic E-state index is 13.1. The summed E-state index contributed by atoms with van der Waals surface area (Å²) in [5, 5.41) is 6.94. The lowest BCUT2D eigenvalue weighted by atomic mass is 10.2. The zero-order valence-corrected chi connectivity index (χ0v) is 16.4. The molecule has 0 spiro atoms. The first kappa shape index (κ1) is 19.3. The maximum Gasteiger partial charge on any atom is 0.260 e. The number of nitrogens with zero attached hydrogens (tertiary/aromatic N) is 3. The van der Waals surface area contributed by atoms with Crippen LogP contribution in [0.3, 0.4) is 0 Å². The van der Waals surface area contributed by atoms with Crippen molar-refractivity contribution in [3.8, 4) is 22.8 Å². The molecule has 1 fully saturated rings. The molecule has 1 unspecified atom stereocenters. The highest BCUT2D eigenvalue weighted by Gasteiger charge is 2.20. The van der Waals surface area contributed by atoms with Crippen LogP contribution in [-0.4, -0.2) is 39.9 Å². The molecule has 0 radical (unpaired) electrons. The Labute approximate surface area is 167 Å². The van der Waals surface area contributed by atoms with E-state index in [4.69, 9.17) is 9.26 Å². The fourth-order valence-electron chi connectivity index (χ4n) is 3.54. The Balaban J connectivity index is 1.48. The zero-order valence-electron chi connectivity index (χ0n) is 16.4. The van der Waals surface area contributed by atoms with E-state index in [1.165, 1.54) is 12.1 Å². The van der Waals surface area contributed by atoms with Crippen LogP contribution < -0.4 is 5.32 Å². The van der Waals surface area contributed by atoms with Crippen LogP contribution >= 0.6 is 0 Å². The minimum atomic E-state index is -0.321. The van der Waals surface area contributed by atoms with E-state index in [-0.39, 0.29) is 24.4 Å². The van der Waals surface area contributed by atoms with E-state index >= 15 is 0 Å². The first-order valence-corrected chi connectivity index (χ1v) is 9.66. The average Bonchev–Trinajstić information content (AvgIpc) is 3.44. The molecule has 1 amide bonds.